The van der Waals surface area contributed by atoms with Crippen LogP contribution < -0.4 is 11.5 Å². The molecule has 0 saturated carbocycles. The molecule has 0 aliphatic heterocycles. The van der Waals surface area contributed by atoms with Crippen molar-refractivity contribution in [3.63, 3.8) is 0 Å². The van der Waals surface area contributed by atoms with E-state index in [1.807, 2.05) is 13.8 Å². The van der Waals surface area contributed by atoms with Crippen LogP contribution in [-0.4, -0.2) is 20.7 Å². The largest absolute Gasteiger partial charge is 0.398 e. The lowest BCUT2D eigenvalue weighted by Crippen LogP contribution is -2.14. The summed E-state index contributed by atoms with van der Waals surface area (Å²) < 4.78 is 1.68. The molecule has 4 N–H and O–H groups in total. The van der Waals surface area contributed by atoms with Crippen molar-refractivity contribution in [2.75, 3.05) is 5.73 Å². The molecule has 0 bridgehead atoms. The van der Waals surface area contributed by atoms with Gasteiger partial charge in [-0.3, -0.25) is 4.79 Å². The van der Waals surface area contributed by atoms with E-state index in [1.54, 1.807) is 35.1 Å². The fraction of sp³-hybridized carbons (Fsp3) is 0.188. The van der Waals surface area contributed by atoms with Crippen molar-refractivity contribution < 1.29 is 4.79 Å². The molecule has 0 fully saturated rings. The number of halogens is 1. The molecule has 7 heteroatoms. The van der Waals surface area contributed by atoms with Gasteiger partial charge in [0.05, 0.1) is 27.4 Å². The van der Waals surface area contributed by atoms with Crippen molar-refractivity contribution in [3.8, 4) is 5.69 Å². The number of carbonyl (C=O) groups excluding carboxylic acids is 1. The maximum absolute atomic E-state index is 11.3. The topological polar surface area (TPSA) is 99.8 Å². The first-order valence-electron chi connectivity index (χ1n) is 7.13. The smallest absolute Gasteiger partial charge is 0.250 e. The highest BCUT2D eigenvalue weighted by molar-refractivity contribution is 6.35. The number of hydrogen-bond donors (Lipinski definition) is 2. The van der Waals surface area contributed by atoms with Crippen molar-refractivity contribution in [3.05, 3.63) is 46.7 Å². The number of fused-ring (bicyclic) bond motifs is 1. The zero-order chi connectivity index (χ0) is 16.7. The Morgan fingerprint density at radius 1 is 1.30 bits per heavy atom. The first-order chi connectivity index (χ1) is 10.9. The lowest BCUT2D eigenvalue weighted by atomic mass is 10.1. The molecule has 0 atom stereocenters. The SMILES string of the molecule is CC(C)c1nn(-c2ccc(C(N)=O)c(N)c2)c2nccc(Cl)c12. The Bertz CT molecular complexity index is 916. The van der Waals surface area contributed by atoms with Crippen LogP contribution in [0.1, 0.15) is 35.8 Å². The van der Waals surface area contributed by atoms with Crippen LogP contribution in [0, 0.1) is 0 Å². The molecule has 0 radical (unpaired) electrons. The third-order valence-corrected chi connectivity index (χ3v) is 3.95. The second-order valence-corrected chi connectivity index (χ2v) is 5.99. The summed E-state index contributed by atoms with van der Waals surface area (Å²) in [7, 11) is 0. The van der Waals surface area contributed by atoms with Gasteiger partial charge in [-0.25, -0.2) is 9.67 Å². The van der Waals surface area contributed by atoms with Crippen LogP contribution in [0.25, 0.3) is 16.7 Å². The summed E-state index contributed by atoms with van der Waals surface area (Å²) in [5, 5.41) is 6.06. The van der Waals surface area contributed by atoms with E-state index in [1.165, 1.54) is 0 Å². The number of rotatable bonds is 3. The highest BCUT2D eigenvalue weighted by Crippen LogP contribution is 2.31. The number of pyridine rings is 1. The van der Waals surface area contributed by atoms with Crippen molar-refractivity contribution in [1.29, 1.82) is 0 Å². The van der Waals surface area contributed by atoms with Crippen LogP contribution in [0.2, 0.25) is 5.02 Å². The number of nitrogens with two attached hydrogens (primary N) is 2. The van der Waals surface area contributed by atoms with Gasteiger partial charge in [0, 0.05) is 11.9 Å². The standard InChI is InChI=1S/C16H16ClN5O/c1-8(2)14-13-11(17)5-6-20-16(13)22(21-14)9-3-4-10(15(19)23)12(18)7-9/h3-8H,18H2,1-2H3,(H2,19,23). The lowest BCUT2D eigenvalue weighted by molar-refractivity contribution is 0.100. The Kier molecular flexibility index (Phi) is 3.69. The average molecular weight is 330 g/mol. The number of hydrogen-bond acceptors (Lipinski definition) is 4. The Hall–Kier alpha value is -2.60. The molecule has 3 aromatic rings. The third-order valence-electron chi connectivity index (χ3n) is 3.64. The molecule has 23 heavy (non-hydrogen) atoms. The normalized spacial score (nSPS) is 11.3. The second-order valence-electron chi connectivity index (χ2n) is 5.58. The van der Waals surface area contributed by atoms with Gasteiger partial charge in [-0.1, -0.05) is 25.4 Å². The summed E-state index contributed by atoms with van der Waals surface area (Å²) in [6.45, 7) is 4.08. The van der Waals surface area contributed by atoms with Crippen molar-refractivity contribution >= 4 is 34.2 Å². The molecule has 0 unspecified atom stereocenters. The van der Waals surface area contributed by atoms with E-state index in [0.717, 1.165) is 11.1 Å². The Labute approximate surface area is 138 Å². The Morgan fingerprint density at radius 3 is 2.65 bits per heavy atom. The number of carbonyl (C=O) groups is 1. The zero-order valence-corrected chi connectivity index (χ0v) is 13.5. The fourth-order valence-corrected chi connectivity index (χ4v) is 2.76. The van der Waals surface area contributed by atoms with Crippen LogP contribution in [-0.2, 0) is 0 Å². The first kappa shape index (κ1) is 15.3. The maximum atomic E-state index is 11.3. The second kappa shape index (κ2) is 5.55. The van der Waals surface area contributed by atoms with E-state index < -0.39 is 5.91 Å². The van der Waals surface area contributed by atoms with Gasteiger partial charge in [-0.15, -0.1) is 0 Å². The Morgan fingerprint density at radius 2 is 2.04 bits per heavy atom. The van der Waals surface area contributed by atoms with Gasteiger partial charge in [0.25, 0.3) is 5.91 Å². The number of aromatic nitrogens is 3. The fourth-order valence-electron chi connectivity index (χ4n) is 2.52. The van der Waals surface area contributed by atoms with Gasteiger partial charge in [-0.2, -0.15) is 5.10 Å². The van der Waals surface area contributed by atoms with Crippen molar-refractivity contribution in [1.82, 2.24) is 14.8 Å². The van der Waals surface area contributed by atoms with Gasteiger partial charge in [0.2, 0.25) is 0 Å². The van der Waals surface area contributed by atoms with E-state index in [4.69, 9.17) is 23.1 Å². The summed E-state index contributed by atoms with van der Waals surface area (Å²) in [6, 6.07) is 6.71. The van der Waals surface area contributed by atoms with Gasteiger partial charge in [0.15, 0.2) is 5.65 Å². The summed E-state index contributed by atoms with van der Waals surface area (Å²) in [5.41, 5.74) is 14.0. The van der Waals surface area contributed by atoms with E-state index in [9.17, 15) is 4.79 Å². The van der Waals surface area contributed by atoms with Crippen LogP contribution in [0.5, 0.6) is 0 Å². The number of primary amides is 1. The highest BCUT2D eigenvalue weighted by Gasteiger charge is 2.18. The van der Waals surface area contributed by atoms with Crippen LogP contribution in [0.4, 0.5) is 5.69 Å². The molecule has 1 amide bonds. The predicted octanol–water partition coefficient (Wildman–Crippen LogP) is 2.88. The third kappa shape index (κ3) is 2.51. The minimum Gasteiger partial charge on any atom is -0.398 e. The predicted molar refractivity (Wildman–Crippen MR) is 90.9 cm³/mol. The molecule has 1 aromatic carbocycles. The number of nitrogen functional groups attached to an aromatic ring is 1. The number of amides is 1. The summed E-state index contributed by atoms with van der Waals surface area (Å²) in [5.74, 6) is -0.383. The number of nitrogens with zero attached hydrogens (tertiary/aromatic N) is 3. The highest BCUT2D eigenvalue weighted by atomic mass is 35.5. The minimum atomic E-state index is -0.566. The number of anilines is 1. The van der Waals surface area contributed by atoms with Crippen molar-refractivity contribution in [2.24, 2.45) is 5.73 Å². The maximum Gasteiger partial charge on any atom is 0.250 e. The van der Waals surface area contributed by atoms with E-state index in [-0.39, 0.29) is 11.5 Å². The van der Waals surface area contributed by atoms with E-state index >= 15 is 0 Å². The zero-order valence-electron chi connectivity index (χ0n) is 12.7. The lowest BCUT2D eigenvalue weighted by Gasteiger charge is -2.07. The first-order valence-corrected chi connectivity index (χ1v) is 7.50. The molecule has 0 saturated heterocycles. The van der Waals surface area contributed by atoms with Crippen LogP contribution in [0.15, 0.2) is 30.5 Å². The summed E-state index contributed by atoms with van der Waals surface area (Å²) in [6.07, 6.45) is 1.63. The molecular formula is C16H16ClN5O. The molecule has 118 valence electrons. The molecule has 2 aromatic heterocycles. The Balaban J connectivity index is 2.27. The molecule has 6 nitrogen and oxygen atoms in total. The quantitative estimate of drug-likeness (QED) is 0.721. The molecule has 2 heterocycles. The average Bonchev–Trinajstić information content (AvgIpc) is 2.88. The van der Waals surface area contributed by atoms with Gasteiger partial charge >= 0.3 is 0 Å². The monoisotopic (exact) mass is 329 g/mol. The van der Waals surface area contributed by atoms with Gasteiger partial charge in [-0.05, 0) is 30.2 Å². The molecule has 3 rings (SSSR count). The molecule has 0 aliphatic carbocycles. The molecule has 0 aliphatic rings. The summed E-state index contributed by atoms with van der Waals surface area (Å²) in [4.78, 5) is 15.7. The molecular weight excluding hydrogens is 314 g/mol. The minimum absolute atomic E-state index is 0.183. The molecule has 0 spiro atoms. The summed E-state index contributed by atoms with van der Waals surface area (Å²) >= 11 is 6.33. The van der Waals surface area contributed by atoms with Crippen LogP contribution in [0.3, 0.4) is 0 Å². The van der Waals surface area contributed by atoms with Gasteiger partial charge in [0.1, 0.15) is 0 Å². The van der Waals surface area contributed by atoms with Crippen molar-refractivity contribution in [2.45, 2.75) is 19.8 Å². The number of benzene rings is 1. The van der Waals surface area contributed by atoms with E-state index in [0.29, 0.717) is 22.0 Å². The van der Waals surface area contributed by atoms with Gasteiger partial charge < -0.3 is 11.5 Å². The van der Waals surface area contributed by atoms with E-state index in [2.05, 4.69) is 10.1 Å². The van der Waals surface area contributed by atoms with Crippen LogP contribution >= 0.6 is 11.6 Å².